The topological polar surface area (TPSA) is 26.3 Å². The lowest BCUT2D eigenvalue weighted by atomic mass is 10.0. The zero-order valence-electron chi connectivity index (χ0n) is 9.19. The van der Waals surface area contributed by atoms with Crippen molar-refractivity contribution in [3.05, 3.63) is 29.1 Å². The molecule has 0 heterocycles. The molecule has 0 aliphatic carbocycles. The third-order valence-corrected chi connectivity index (χ3v) is 2.06. The van der Waals surface area contributed by atoms with E-state index in [0.717, 1.165) is 13.0 Å². The summed E-state index contributed by atoms with van der Waals surface area (Å²) in [6.07, 6.45) is -4.77. The van der Waals surface area contributed by atoms with E-state index in [1.54, 1.807) is 6.92 Å². The Morgan fingerprint density at radius 2 is 1.94 bits per heavy atom. The summed E-state index contributed by atoms with van der Waals surface area (Å²) in [7, 11) is 0. The van der Waals surface area contributed by atoms with Crippen molar-refractivity contribution in [1.82, 2.24) is 0 Å². The Hall–Kier alpha value is -1.59. The van der Waals surface area contributed by atoms with E-state index in [2.05, 4.69) is 0 Å². The molecule has 0 saturated carbocycles. The van der Waals surface area contributed by atoms with E-state index < -0.39 is 28.9 Å². The second-order valence-corrected chi connectivity index (χ2v) is 3.29. The molecule has 0 amide bonds. The lowest BCUT2D eigenvalue weighted by Gasteiger charge is -2.14. The van der Waals surface area contributed by atoms with Crippen LogP contribution in [0.3, 0.4) is 0 Å². The first-order valence-corrected chi connectivity index (χ1v) is 4.82. The predicted octanol–water partition coefficient (Wildman–Crippen LogP) is 3.45. The van der Waals surface area contributed by atoms with Gasteiger partial charge in [-0.05, 0) is 26.0 Å². The van der Waals surface area contributed by atoms with Crippen molar-refractivity contribution >= 4 is 5.78 Å². The van der Waals surface area contributed by atoms with E-state index in [1.165, 1.54) is 0 Å². The molecule has 0 aliphatic heterocycles. The van der Waals surface area contributed by atoms with Gasteiger partial charge < -0.3 is 4.74 Å². The number of Topliss-reactive ketones (excluding diaryl/α,β-unsaturated/α-hetero) is 1. The highest BCUT2D eigenvalue weighted by molar-refractivity contribution is 5.96. The van der Waals surface area contributed by atoms with E-state index in [4.69, 9.17) is 4.74 Å². The molecule has 6 heteroatoms. The van der Waals surface area contributed by atoms with Gasteiger partial charge >= 0.3 is 6.18 Å². The molecule has 1 rings (SSSR count). The molecule has 2 nitrogen and oxygen atoms in total. The standard InChI is InChI=1S/C11H10F4O2/c1-3-17-8-5-4-7(11(13,14)15)9(6(2)16)10(8)12/h4-5H,3H2,1-2H3. The van der Waals surface area contributed by atoms with Crippen LogP contribution in [-0.2, 0) is 6.18 Å². The molecule has 0 atom stereocenters. The molecule has 0 spiro atoms. The first-order valence-electron chi connectivity index (χ1n) is 4.82. The minimum absolute atomic E-state index is 0.0969. The smallest absolute Gasteiger partial charge is 0.417 e. The number of carbonyl (C=O) groups excluding carboxylic acids is 1. The number of benzene rings is 1. The summed E-state index contributed by atoms with van der Waals surface area (Å²) in [5, 5.41) is 0. The minimum atomic E-state index is -4.77. The largest absolute Gasteiger partial charge is 0.491 e. The summed E-state index contributed by atoms with van der Waals surface area (Å²) in [6, 6.07) is 1.51. The highest BCUT2D eigenvalue weighted by Crippen LogP contribution is 2.36. The molecule has 0 unspecified atom stereocenters. The van der Waals surface area contributed by atoms with Crippen molar-refractivity contribution in [2.75, 3.05) is 6.61 Å². The highest BCUT2D eigenvalue weighted by Gasteiger charge is 2.36. The van der Waals surface area contributed by atoms with Crippen molar-refractivity contribution < 1.29 is 27.1 Å². The molecule has 94 valence electrons. The van der Waals surface area contributed by atoms with Crippen LogP contribution in [0.15, 0.2) is 12.1 Å². The number of hydrogen-bond acceptors (Lipinski definition) is 2. The van der Waals surface area contributed by atoms with E-state index in [1.807, 2.05) is 0 Å². The van der Waals surface area contributed by atoms with Crippen LogP contribution in [0.2, 0.25) is 0 Å². The van der Waals surface area contributed by atoms with Crippen LogP contribution < -0.4 is 4.74 Å². The van der Waals surface area contributed by atoms with E-state index in [-0.39, 0.29) is 12.4 Å². The first-order chi connectivity index (χ1) is 7.79. The van der Waals surface area contributed by atoms with Gasteiger partial charge in [0, 0.05) is 0 Å². The average molecular weight is 250 g/mol. The normalized spacial score (nSPS) is 11.4. The number of alkyl halides is 3. The first kappa shape index (κ1) is 13.5. The summed E-state index contributed by atoms with van der Waals surface area (Å²) < 4.78 is 56.1. The lowest BCUT2D eigenvalue weighted by molar-refractivity contribution is -0.138. The molecule has 1 aromatic carbocycles. The Bertz CT molecular complexity index is 438. The summed E-state index contributed by atoms with van der Waals surface area (Å²) in [4.78, 5) is 11.1. The molecular weight excluding hydrogens is 240 g/mol. The van der Waals surface area contributed by atoms with Crippen LogP contribution >= 0.6 is 0 Å². The van der Waals surface area contributed by atoms with Crippen LogP contribution in [0.4, 0.5) is 17.6 Å². The van der Waals surface area contributed by atoms with Crippen molar-refractivity contribution in [2.45, 2.75) is 20.0 Å². The second kappa shape index (κ2) is 4.73. The zero-order valence-corrected chi connectivity index (χ0v) is 9.19. The number of rotatable bonds is 3. The Balaban J connectivity index is 3.45. The summed E-state index contributed by atoms with van der Waals surface area (Å²) >= 11 is 0. The molecule has 0 radical (unpaired) electrons. The molecule has 0 fully saturated rings. The molecule has 17 heavy (non-hydrogen) atoms. The number of halogens is 4. The quantitative estimate of drug-likeness (QED) is 0.606. The van der Waals surface area contributed by atoms with Gasteiger partial charge in [-0.25, -0.2) is 4.39 Å². The van der Waals surface area contributed by atoms with Crippen molar-refractivity contribution in [1.29, 1.82) is 0 Å². The molecule has 0 bridgehead atoms. The number of hydrogen-bond donors (Lipinski definition) is 0. The van der Waals surface area contributed by atoms with Gasteiger partial charge in [-0.1, -0.05) is 0 Å². The fraction of sp³-hybridized carbons (Fsp3) is 0.364. The second-order valence-electron chi connectivity index (χ2n) is 3.29. The Kier molecular flexibility index (Phi) is 3.75. The SMILES string of the molecule is CCOc1ccc(C(F)(F)F)c(C(C)=O)c1F. The van der Waals surface area contributed by atoms with Gasteiger partial charge in [-0.15, -0.1) is 0 Å². The Morgan fingerprint density at radius 3 is 2.35 bits per heavy atom. The van der Waals surface area contributed by atoms with Gasteiger partial charge in [-0.2, -0.15) is 13.2 Å². The van der Waals surface area contributed by atoms with Crippen molar-refractivity contribution in [3.8, 4) is 5.75 Å². The van der Waals surface area contributed by atoms with E-state index >= 15 is 0 Å². The maximum absolute atomic E-state index is 13.7. The minimum Gasteiger partial charge on any atom is -0.491 e. The maximum atomic E-state index is 13.7. The molecule has 0 aliphatic rings. The van der Waals surface area contributed by atoms with Crippen LogP contribution in [0, 0.1) is 5.82 Å². The van der Waals surface area contributed by atoms with Crippen LogP contribution in [0.5, 0.6) is 5.75 Å². The Labute approximate surface area is 95.2 Å². The molecule has 1 aromatic rings. The fourth-order valence-electron chi connectivity index (χ4n) is 1.40. The van der Waals surface area contributed by atoms with Crippen LogP contribution in [-0.4, -0.2) is 12.4 Å². The maximum Gasteiger partial charge on any atom is 0.417 e. The van der Waals surface area contributed by atoms with E-state index in [9.17, 15) is 22.4 Å². The molecule has 0 aromatic heterocycles. The number of ketones is 1. The van der Waals surface area contributed by atoms with Gasteiger partial charge in [0.1, 0.15) is 0 Å². The van der Waals surface area contributed by atoms with Gasteiger partial charge in [0.15, 0.2) is 17.3 Å². The predicted molar refractivity (Wildman–Crippen MR) is 52.6 cm³/mol. The third-order valence-electron chi connectivity index (χ3n) is 2.06. The Morgan fingerprint density at radius 1 is 1.35 bits per heavy atom. The molecule has 0 saturated heterocycles. The van der Waals surface area contributed by atoms with Crippen molar-refractivity contribution in [2.24, 2.45) is 0 Å². The number of carbonyl (C=O) groups is 1. The van der Waals surface area contributed by atoms with Gasteiger partial charge in [-0.3, -0.25) is 4.79 Å². The summed E-state index contributed by atoms with van der Waals surface area (Å²) in [6.45, 7) is 2.54. The van der Waals surface area contributed by atoms with Gasteiger partial charge in [0.2, 0.25) is 0 Å². The van der Waals surface area contributed by atoms with Crippen molar-refractivity contribution in [3.63, 3.8) is 0 Å². The molecular formula is C11H10F4O2. The lowest BCUT2D eigenvalue weighted by Crippen LogP contribution is -2.14. The van der Waals surface area contributed by atoms with E-state index in [0.29, 0.717) is 6.07 Å². The third kappa shape index (κ3) is 2.75. The monoisotopic (exact) mass is 250 g/mol. The highest BCUT2D eigenvalue weighted by atomic mass is 19.4. The number of ether oxygens (including phenoxy) is 1. The van der Waals surface area contributed by atoms with Crippen LogP contribution in [0.25, 0.3) is 0 Å². The van der Waals surface area contributed by atoms with Crippen LogP contribution in [0.1, 0.15) is 29.8 Å². The van der Waals surface area contributed by atoms with Gasteiger partial charge in [0.05, 0.1) is 17.7 Å². The fourth-order valence-corrected chi connectivity index (χ4v) is 1.40. The van der Waals surface area contributed by atoms with Gasteiger partial charge in [0.25, 0.3) is 0 Å². The summed E-state index contributed by atoms with van der Waals surface area (Å²) in [5.41, 5.74) is -2.27. The summed E-state index contributed by atoms with van der Waals surface area (Å²) in [5.74, 6) is -2.61. The zero-order chi connectivity index (χ0) is 13.2. The molecule has 0 N–H and O–H groups in total. The average Bonchev–Trinajstić information content (AvgIpc) is 2.18.